The van der Waals surface area contributed by atoms with Crippen molar-refractivity contribution in [2.24, 2.45) is 0 Å². The monoisotopic (exact) mass is 526 g/mol. The maximum Gasteiger partial charge on any atom is 0.306 e. The number of ether oxygens (including phenoxy) is 2. The highest BCUT2D eigenvalue weighted by Crippen LogP contribution is 2.15. The molecule has 0 saturated carbocycles. The summed E-state index contributed by atoms with van der Waals surface area (Å²) in [5.41, 5.74) is 0. The van der Waals surface area contributed by atoms with E-state index < -0.39 is 6.10 Å². The molecule has 0 aromatic rings. The van der Waals surface area contributed by atoms with Crippen LogP contribution in [0.5, 0.6) is 0 Å². The van der Waals surface area contributed by atoms with Gasteiger partial charge >= 0.3 is 5.97 Å². The molecule has 0 aromatic heterocycles. The Kier molecular flexibility index (Phi) is 31.1. The summed E-state index contributed by atoms with van der Waals surface area (Å²) in [4.78, 5) is 11.6. The predicted octanol–water partition coefficient (Wildman–Crippen LogP) is 10.1. The first-order valence-electron chi connectivity index (χ1n) is 16.6. The fourth-order valence-electron chi connectivity index (χ4n) is 4.89. The van der Waals surface area contributed by atoms with Gasteiger partial charge in [0.25, 0.3) is 0 Å². The van der Waals surface area contributed by atoms with Gasteiger partial charge in [0.1, 0.15) is 6.10 Å². The number of carbonyl (C=O) groups is 1. The van der Waals surface area contributed by atoms with Gasteiger partial charge < -0.3 is 14.6 Å². The fraction of sp³-hybridized carbons (Fsp3) is 0.970. The Labute approximate surface area is 232 Å². The number of unbranched alkanes of at least 4 members (excludes halogenated alkanes) is 23. The Morgan fingerprint density at radius 3 is 1.24 bits per heavy atom. The van der Waals surface area contributed by atoms with E-state index in [4.69, 9.17) is 9.47 Å². The zero-order valence-electron chi connectivity index (χ0n) is 25.3. The molecule has 0 saturated heterocycles. The third-order valence-corrected chi connectivity index (χ3v) is 7.43. The summed E-state index contributed by atoms with van der Waals surface area (Å²) in [6, 6.07) is 0. The summed E-state index contributed by atoms with van der Waals surface area (Å²) in [5, 5.41) is 9.33. The summed E-state index contributed by atoms with van der Waals surface area (Å²) in [7, 11) is 0. The lowest BCUT2D eigenvalue weighted by molar-refractivity contribution is -0.154. The lowest BCUT2D eigenvalue weighted by Gasteiger charge is -2.15. The molecule has 222 valence electrons. The Morgan fingerprint density at radius 2 is 0.892 bits per heavy atom. The Balaban J connectivity index is 3.19. The van der Waals surface area contributed by atoms with Crippen LogP contribution in [0.15, 0.2) is 0 Å². The van der Waals surface area contributed by atoms with Gasteiger partial charge in [-0.3, -0.25) is 4.79 Å². The van der Waals surface area contributed by atoms with Crippen LogP contribution in [0, 0.1) is 0 Å². The van der Waals surface area contributed by atoms with E-state index in [1.54, 1.807) is 0 Å². The fourth-order valence-corrected chi connectivity index (χ4v) is 4.89. The van der Waals surface area contributed by atoms with Crippen molar-refractivity contribution in [3.05, 3.63) is 0 Å². The molecule has 4 heteroatoms. The van der Waals surface area contributed by atoms with Crippen molar-refractivity contribution in [1.82, 2.24) is 0 Å². The third-order valence-electron chi connectivity index (χ3n) is 7.43. The SMILES string of the molecule is CCCCCCCCCCCCCCCCCCCCCCCCCOCC(CO)OC(=O)CCCC. The summed E-state index contributed by atoms with van der Waals surface area (Å²) in [6.07, 6.45) is 33.8. The second-order valence-electron chi connectivity index (χ2n) is 11.3. The van der Waals surface area contributed by atoms with E-state index in [0.29, 0.717) is 19.6 Å². The van der Waals surface area contributed by atoms with Gasteiger partial charge in [-0.15, -0.1) is 0 Å². The molecule has 0 bridgehead atoms. The van der Waals surface area contributed by atoms with E-state index in [9.17, 15) is 9.90 Å². The first kappa shape index (κ1) is 36.4. The quantitative estimate of drug-likeness (QED) is 0.0721. The molecule has 0 heterocycles. The lowest BCUT2D eigenvalue weighted by atomic mass is 10.0. The molecule has 1 unspecified atom stereocenters. The molecule has 0 fully saturated rings. The second kappa shape index (κ2) is 31.6. The van der Waals surface area contributed by atoms with Gasteiger partial charge in [-0.1, -0.05) is 162 Å². The van der Waals surface area contributed by atoms with E-state index in [2.05, 4.69) is 6.92 Å². The first-order chi connectivity index (χ1) is 18.2. The van der Waals surface area contributed by atoms with Crippen LogP contribution in [0.1, 0.15) is 181 Å². The van der Waals surface area contributed by atoms with Crippen LogP contribution in [-0.2, 0) is 14.3 Å². The largest absolute Gasteiger partial charge is 0.457 e. The number of hydrogen-bond acceptors (Lipinski definition) is 4. The van der Waals surface area contributed by atoms with E-state index in [1.165, 1.54) is 141 Å². The maximum atomic E-state index is 11.6. The van der Waals surface area contributed by atoms with Crippen LogP contribution in [0.25, 0.3) is 0 Å². The van der Waals surface area contributed by atoms with Gasteiger partial charge in [-0.2, -0.15) is 0 Å². The number of aliphatic hydroxyl groups is 1. The number of aliphatic hydroxyl groups excluding tert-OH is 1. The van der Waals surface area contributed by atoms with Crippen LogP contribution < -0.4 is 0 Å². The smallest absolute Gasteiger partial charge is 0.306 e. The molecule has 0 amide bonds. The first-order valence-corrected chi connectivity index (χ1v) is 16.6. The standard InChI is InChI=1S/C33H66O4/c1-3-5-7-8-9-10-11-12-13-14-15-16-17-18-19-20-21-22-23-24-25-26-27-29-36-31-32(30-34)37-33(35)28-6-4-2/h32,34H,3-31H2,1-2H3. The summed E-state index contributed by atoms with van der Waals surface area (Å²) < 4.78 is 10.8. The van der Waals surface area contributed by atoms with E-state index in [1.807, 2.05) is 6.92 Å². The average Bonchev–Trinajstić information content (AvgIpc) is 2.91. The van der Waals surface area contributed by atoms with Gasteiger partial charge in [0.05, 0.1) is 13.2 Å². The van der Waals surface area contributed by atoms with E-state index in [-0.39, 0.29) is 12.6 Å². The normalized spacial score (nSPS) is 12.2. The molecule has 0 radical (unpaired) electrons. The van der Waals surface area contributed by atoms with Crippen LogP contribution in [0.4, 0.5) is 0 Å². The van der Waals surface area contributed by atoms with Crippen molar-refractivity contribution < 1.29 is 19.4 Å². The maximum absolute atomic E-state index is 11.6. The summed E-state index contributed by atoms with van der Waals surface area (Å²) in [5.74, 6) is -0.232. The molecule has 0 aromatic carbocycles. The van der Waals surface area contributed by atoms with Crippen LogP contribution >= 0.6 is 0 Å². The number of esters is 1. The molecule has 0 rings (SSSR count). The van der Waals surface area contributed by atoms with Crippen molar-refractivity contribution in [3.63, 3.8) is 0 Å². The highest BCUT2D eigenvalue weighted by Gasteiger charge is 2.13. The molecule has 0 aliphatic heterocycles. The third kappa shape index (κ3) is 29.8. The minimum Gasteiger partial charge on any atom is -0.457 e. The lowest BCUT2D eigenvalue weighted by Crippen LogP contribution is -2.27. The average molecular weight is 527 g/mol. The highest BCUT2D eigenvalue weighted by molar-refractivity contribution is 5.69. The van der Waals surface area contributed by atoms with Crippen LogP contribution in [0.2, 0.25) is 0 Å². The summed E-state index contributed by atoms with van der Waals surface area (Å²) in [6.45, 7) is 5.15. The number of rotatable bonds is 31. The van der Waals surface area contributed by atoms with Crippen molar-refractivity contribution in [2.45, 2.75) is 187 Å². The zero-order valence-corrected chi connectivity index (χ0v) is 25.3. The van der Waals surface area contributed by atoms with Gasteiger partial charge in [-0.25, -0.2) is 0 Å². The second-order valence-corrected chi connectivity index (χ2v) is 11.3. The Morgan fingerprint density at radius 1 is 0.541 bits per heavy atom. The molecule has 0 aliphatic carbocycles. The number of hydrogen-bond donors (Lipinski definition) is 1. The predicted molar refractivity (Wildman–Crippen MR) is 159 cm³/mol. The van der Waals surface area contributed by atoms with Crippen molar-refractivity contribution in [3.8, 4) is 0 Å². The topological polar surface area (TPSA) is 55.8 Å². The molecule has 0 aliphatic rings. The highest BCUT2D eigenvalue weighted by atomic mass is 16.6. The number of carbonyl (C=O) groups excluding carboxylic acids is 1. The summed E-state index contributed by atoms with van der Waals surface area (Å²) >= 11 is 0. The van der Waals surface area contributed by atoms with E-state index in [0.717, 1.165) is 19.3 Å². The van der Waals surface area contributed by atoms with Gasteiger partial charge in [-0.05, 0) is 12.8 Å². The minimum atomic E-state index is -0.520. The van der Waals surface area contributed by atoms with Gasteiger partial charge in [0.15, 0.2) is 0 Å². The molecule has 0 spiro atoms. The molecule has 4 nitrogen and oxygen atoms in total. The van der Waals surface area contributed by atoms with Crippen molar-refractivity contribution >= 4 is 5.97 Å². The van der Waals surface area contributed by atoms with Crippen LogP contribution in [-0.4, -0.2) is 37.0 Å². The molecular weight excluding hydrogens is 460 g/mol. The van der Waals surface area contributed by atoms with Gasteiger partial charge in [0.2, 0.25) is 0 Å². The Hall–Kier alpha value is -0.610. The molecule has 1 N–H and O–H groups in total. The van der Waals surface area contributed by atoms with Crippen molar-refractivity contribution in [2.75, 3.05) is 19.8 Å². The molecule has 37 heavy (non-hydrogen) atoms. The molecule has 1 atom stereocenters. The zero-order chi connectivity index (χ0) is 27.1. The van der Waals surface area contributed by atoms with Crippen LogP contribution in [0.3, 0.4) is 0 Å². The Bertz CT molecular complexity index is 440. The molecular formula is C33H66O4. The van der Waals surface area contributed by atoms with Gasteiger partial charge in [0, 0.05) is 13.0 Å². The van der Waals surface area contributed by atoms with E-state index >= 15 is 0 Å². The minimum absolute atomic E-state index is 0.169. The van der Waals surface area contributed by atoms with Crippen molar-refractivity contribution in [1.29, 1.82) is 0 Å².